The molecule has 1 N–H and O–H groups in total. The van der Waals surface area contributed by atoms with Crippen molar-refractivity contribution in [1.82, 2.24) is 20.1 Å². The van der Waals surface area contributed by atoms with Gasteiger partial charge >= 0.3 is 0 Å². The van der Waals surface area contributed by atoms with Crippen LogP contribution in [0.25, 0.3) is 11.3 Å². The first-order chi connectivity index (χ1) is 9.68. The molecule has 5 nitrogen and oxygen atoms in total. The maximum atomic E-state index is 14.8. The van der Waals surface area contributed by atoms with Crippen molar-refractivity contribution in [3.05, 3.63) is 29.8 Å². The van der Waals surface area contributed by atoms with Gasteiger partial charge in [0.05, 0.1) is 11.9 Å². The summed E-state index contributed by atoms with van der Waals surface area (Å²) in [7, 11) is 1.83. The highest BCUT2D eigenvalue weighted by molar-refractivity contribution is 5.67. The third-order valence-electron chi connectivity index (χ3n) is 3.66. The quantitative estimate of drug-likeness (QED) is 0.898. The molecule has 20 heavy (non-hydrogen) atoms. The minimum absolute atomic E-state index is 0.263. The maximum absolute atomic E-state index is 14.8. The predicted molar refractivity (Wildman–Crippen MR) is 76.2 cm³/mol. The Morgan fingerprint density at radius 1 is 1.30 bits per heavy atom. The standard InChI is InChI=1S/C14H18FN5/c1-10-9-18-19(2)13(10)11-3-4-17-14(12(11)15)20-7-5-16-6-8-20/h3-4,9,16H,5-8H2,1-2H3. The van der Waals surface area contributed by atoms with Crippen LogP contribution in [0.1, 0.15) is 5.56 Å². The van der Waals surface area contributed by atoms with Crippen LogP contribution in [0, 0.1) is 12.7 Å². The first-order valence-corrected chi connectivity index (χ1v) is 6.77. The maximum Gasteiger partial charge on any atom is 0.175 e. The Kier molecular flexibility index (Phi) is 3.40. The summed E-state index contributed by atoms with van der Waals surface area (Å²) in [4.78, 5) is 6.21. The number of nitrogens with zero attached hydrogens (tertiary/aromatic N) is 4. The van der Waals surface area contributed by atoms with Crippen molar-refractivity contribution in [2.45, 2.75) is 6.92 Å². The van der Waals surface area contributed by atoms with E-state index in [-0.39, 0.29) is 5.82 Å². The van der Waals surface area contributed by atoms with Gasteiger partial charge in [-0.25, -0.2) is 9.37 Å². The van der Waals surface area contributed by atoms with E-state index in [1.54, 1.807) is 23.1 Å². The second-order valence-corrected chi connectivity index (χ2v) is 5.03. The smallest absolute Gasteiger partial charge is 0.175 e. The number of aromatic nitrogens is 3. The normalized spacial score (nSPS) is 15.7. The van der Waals surface area contributed by atoms with Crippen LogP contribution >= 0.6 is 0 Å². The molecule has 0 radical (unpaired) electrons. The number of aryl methyl sites for hydroxylation is 2. The van der Waals surface area contributed by atoms with Gasteiger partial charge in [0.2, 0.25) is 0 Å². The Morgan fingerprint density at radius 3 is 2.70 bits per heavy atom. The summed E-state index contributed by atoms with van der Waals surface area (Å²) in [6.45, 7) is 5.20. The summed E-state index contributed by atoms with van der Waals surface area (Å²) in [5.41, 5.74) is 2.33. The lowest BCUT2D eigenvalue weighted by atomic mass is 10.1. The van der Waals surface area contributed by atoms with Gasteiger partial charge in [0, 0.05) is 45.0 Å². The summed E-state index contributed by atoms with van der Waals surface area (Å²) < 4.78 is 16.5. The number of halogens is 1. The number of anilines is 1. The average molecular weight is 275 g/mol. The predicted octanol–water partition coefficient (Wildman–Crippen LogP) is 1.34. The molecule has 6 heteroatoms. The van der Waals surface area contributed by atoms with E-state index < -0.39 is 0 Å². The Labute approximate surface area is 117 Å². The van der Waals surface area contributed by atoms with Crippen LogP contribution in [0.3, 0.4) is 0 Å². The highest BCUT2D eigenvalue weighted by Gasteiger charge is 2.21. The van der Waals surface area contributed by atoms with Crippen LogP contribution in [-0.4, -0.2) is 40.9 Å². The van der Waals surface area contributed by atoms with Gasteiger partial charge in [-0.1, -0.05) is 0 Å². The van der Waals surface area contributed by atoms with Gasteiger partial charge < -0.3 is 10.2 Å². The number of rotatable bonds is 2. The highest BCUT2D eigenvalue weighted by atomic mass is 19.1. The van der Waals surface area contributed by atoms with Crippen LogP contribution in [0.5, 0.6) is 0 Å². The molecule has 0 amide bonds. The lowest BCUT2D eigenvalue weighted by Crippen LogP contribution is -2.44. The van der Waals surface area contributed by atoms with Crippen LogP contribution in [0.2, 0.25) is 0 Å². The topological polar surface area (TPSA) is 46.0 Å². The molecule has 0 aliphatic carbocycles. The van der Waals surface area contributed by atoms with Crippen molar-refractivity contribution < 1.29 is 4.39 Å². The molecule has 1 fully saturated rings. The Balaban J connectivity index is 2.05. The Morgan fingerprint density at radius 2 is 2.05 bits per heavy atom. The number of pyridine rings is 1. The van der Waals surface area contributed by atoms with E-state index in [9.17, 15) is 4.39 Å². The summed E-state index contributed by atoms with van der Waals surface area (Å²) in [5, 5.41) is 7.44. The van der Waals surface area contributed by atoms with E-state index in [4.69, 9.17) is 0 Å². The molecule has 1 aliphatic rings. The van der Waals surface area contributed by atoms with Gasteiger partial charge in [0.1, 0.15) is 0 Å². The third kappa shape index (κ3) is 2.16. The van der Waals surface area contributed by atoms with E-state index in [0.29, 0.717) is 11.4 Å². The van der Waals surface area contributed by atoms with Crippen LogP contribution in [-0.2, 0) is 7.05 Å². The minimum atomic E-state index is -0.263. The Bertz CT molecular complexity index is 597. The summed E-state index contributed by atoms with van der Waals surface area (Å²) in [6.07, 6.45) is 3.42. The average Bonchev–Trinajstić information content (AvgIpc) is 2.80. The Hall–Kier alpha value is -1.95. The molecule has 3 rings (SSSR count). The lowest BCUT2D eigenvalue weighted by Gasteiger charge is -2.29. The highest BCUT2D eigenvalue weighted by Crippen LogP contribution is 2.29. The molecule has 3 heterocycles. The molecular weight excluding hydrogens is 257 g/mol. The molecular formula is C14H18FN5. The number of hydrogen-bond donors (Lipinski definition) is 1. The summed E-state index contributed by atoms with van der Waals surface area (Å²) in [5.74, 6) is 0.172. The van der Waals surface area contributed by atoms with Crippen LogP contribution in [0.15, 0.2) is 18.5 Å². The first kappa shape index (κ1) is 13.1. The van der Waals surface area contributed by atoms with Crippen molar-refractivity contribution in [3.63, 3.8) is 0 Å². The van der Waals surface area contributed by atoms with E-state index >= 15 is 0 Å². The van der Waals surface area contributed by atoms with E-state index in [1.807, 2.05) is 18.9 Å². The van der Waals surface area contributed by atoms with E-state index in [1.165, 1.54) is 0 Å². The third-order valence-corrected chi connectivity index (χ3v) is 3.66. The number of nitrogens with one attached hydrogen (secondary N) is 1. The van der Waals surface area contributed by atoms with Crippen molar-refractivity contribution in [3.8, 4) is 11.3 Å². The van der Waals surface area contributed by atoms with Crippen LogP contribution in [0.4, 0.5) is 10.2 Å². The fourth-order valence-electron chi connectivity index (χ4n) is 2.65. The zero-order valence-electron chi connectivity index (χ0n) is 11.7. The van der Waals surface area contributed by atoms with Crippen LogP contribution < -0.4 is 10.2 Å². The van der Waals surface area contributed by atoms with Gasteiger partial charge in [-0.3, -0.25) is 4.68 Å². The molecule has 0 atom stereocenters. The number of piperazine rings is 1. The molecule has 0 spiro atoms. The van der Waals surface area contributed by atoms with Gasteiger partial charge in [-0.2, -0.15) is 5.10 Å². The van der Waals surface area contributed by atoms with E-state index in [2.05, 4.69) is 15.4 Å². The lowest BCUT2D eigenvalue weighted by molar-refractivity contribution is 0.559. The first-order valence-electron chi connectivity index (χ1n) is 6.77. The van der Waals surface area contributed by atoms with Crippen molar-refractivity contribution in [1.29, 1.82) is 0 Å². The SMILES string of the molecule is Cc1cnn(C)c1-c1ccnc(N2CCNCC2)c1F. The zero-order chi connectivity index (χ0) is 14.1. The largest absolute Gasteiger partial charge is 0.352 e. The molecule has 1 saturated heterocycles. The molecule has 2 aromatic rings. The molecule has 0 saturated carbocycles. The molecule has 2 aromatic heterocycles. The number of hydrogen-bond acceptors (Lipinski definition) is 4. The second kappa shape index (κ2) is 5.20. The van der Waals surface area contributed by atoms with Crippen molar-refractivity contribution >= 4 is 5.82 Å². The fraction of sp³-hybridized carbons (Fsp3) is 0.429. The minimum Gasteiger partial charge on any atom is -0.352 e. The van der Waals surface area contributed by atoms with Gasteiger partial charge in [0.25, 0.3) is 0 Å². The fourth-order valence-corrected chi connectivity index (χ4v) is 2.65. The monoisotopic (exact) mass is 275 g/mol. The molecule has 1 aliphatic heterocycles. The molecule has 0 bridgehead atoms. The zero-order valence-corrected chi connectivity index (χ0v) is 11.7. The summed E-state index contributed by atoms with van der Waals surface area (Å²) in [6, 6.07) is 1.71. The van der Waals surface area contributed by atoms with Gasteiger partial charge in [-0.15, -0.1) is 0 Å². The van der Waals surface area contributed by atoms with Gasteiger partial charge in [0.15, 0.2) is 11.6 Å². The van der Waals surface area contributed by atoms with E-state index in [0.717, 1.165) is 37.4 Å². The van der Waals surface area contributed by atoms with Crippen molar-refractivity contribution in [2.24, 2.45) is 7.05 Å². The summed E-state index contributed by atoms with van der Waals surface area (Å²) >= 11 is 0. The second-order valence-electron chi connectivity index (χ2n) is 5.03. The molecule has 106 valence electrons. The van der Waals surface area contributed by atoms with Crippen molar-refractivity contribution in [2.75, 3.05) is 31.1 Å². The molecule has 0 aromatic carbocycles. The van der Waals surface area contributed by atoms with Gasteiger partial charge in [-0.05, 0) is 18.6 Å². The molecule has 0 unspecified atom stereocenters.